The Hall–Kier alpha value is -0.160. The number of hydrogen-bond donors (Lipinski definition) is 1. The molecule has 2 saturated heterocycles. The first-order chi connectivity index (χ1) is 7.65. The molecule has 2 aliphatic heterocycles. The van der Waals surface area contributed by atoms with Gasteiger partial charge in [-0.2, -0.15) is 0 Å². The zero-order valence-electron chi connectivity index (χ0n) is 10.8. The Balaban J connectivity index is 1.74. The minimum Gasteiger partial charge on any atom is -0.371 e. The molecule has 2 fully saturated rings. The molecule has 3 atom stereocenters. The van der Waals surface area contributed by atoms with Crippen LogP contribution in [0.3, 0.4) is 0 Å². The number of rotatable bonds is 3. The minimum atomic E-state index is 0.367. The van der Waals surface area contributed by atoms with E-state index >= 15 is 0 Å². The lowest BCUT2D eigenvalue weighted by molar-refractivity contribution is -0.0402. The van der Waals surface area contributed by atoms with Crippen LogP contribution in [-0.2, 0) is 4.74 Å². The summed E-state index contributed by atoms with van der Waals surface area (Å²) in [4.78, 5) is 4.87. The first-order valence-electron chi connectivity index (χ1n) is 6.40. The number of likely N-dealkylation sites (tertiary alicyclic amines) is 1. The van der Waals surface area contributed by atoms with Crippen LogP contribution in [0.4, 0.5) is 0 Å². The number of nitrogens with zero attached hydrogens (tertiary/aromatic N) is 2. The van der Waals surface area contributed by atoms with Gasteiger partial charge in [0.15, 0.2) is 0 Å². The fourth-order valence-corrected chi connectivity index (χ4v) is 2.67. The zero-order chi connectivity index (χ0) is 11.5. The summed E-state index contributed by atoms with van der Waals surface area (Å²) in [5.74, 6) is 0. The quantitative estimate of drug-likeness (QED) is 0.734. The predicted octanol–water partition coefficient (Wildman–Crippen LogP) is -0.000800. The van der Waals surface area contributed by atoms with Crippen molar-refractivity contribution >= 4 is 0 Å². The number of nitrogens with one attached hydrogen (secondary N) is 1. The highest BCUT2D eigenvalue weighted by Gasteiger charge is 2.27. The molecular formula is C12H25N3O. The molecule has 2 aliphatic rings. The molecule has 94 valence electrons. The lowest BCUT2D eigenvalue weighted by atomic mass is 10.2. The maximum absolute atomic E-state index is 5.93. The van der Waals surface area contributed by atoms with Gasteiger partial charge in [0.2, 0.25) is 0 Å². The number of likely N-dealkylation sites (N-methyl/N-ethyl adjacent to an activating group) is 1. The van der Waals surface area contributed by atoms with Gasteiger partial charge in [-0.1, -0.05) is 0 Å². The first kappa shape index (κ1) is 12.3. The van der Waals surface area contributed by atoms with Crippen LogP contribution in [-0.4, -0.2) is 74.9 Å². The van der Waals surface area contributed by atoms with E-state index in [0.29, 0.717) is 12.2 Å². The first-order valence-corrected chi connectivity index (χ1v) is 6.40. The summed E-state index contributed by atoms with van der Waals surface area (Å²) in [6.45, 7) is 7.65. The summed E-state index contributed by atoms with van der Waals surface area (Å²) in [5.41, 5.74) is 0. The highest BCUT2D eigenvalue weighted by molar-refractivity contribution is 4.84. The van der Waals surface area contributed by atoms with E-state index in [0.717, 1.165) is 25.7 Å². The number of ether oxygens (including phenoxy) is 1. The lowest BCUT2D eigenvalue weighted by Gasteiger charge is -2.31. The molecule has 0 saturated carbocycles. The molecule has 0 aromatic heterocycles. The van der Waals surface area contributed by atoms with Crippen LogP contribution in [0.5, 0.6) is 0 Å². The van der Waals surface area contributed by atoms with Gasteiger partial charge in [-0.25, -0.2) is 0 Å². The normalized spacial score (nSPS) is 37.1. The van der Waals surface area contributed by atoms with E-state index < -0.39 is 0 Å². The van der Waals surface area contributed by atoms with E-state index in [1.54, 1.807) is 0 Å². The van der Waals surface area contributed by atoms with Gasteiger partial charge in [-0.05, 0) is 34.0 Å². The molecule has 0 amide bonds. The van der Waals surface area contributed by atoms with Crippen LogP contribution in [0, 0.1) is 0 Å². The Morgan fingerprint density at radius 1 is 1.38 bits per heavy atom. The molecule has 0 spiro atoms. The van der Waals surface area contributed by atoms with Crippen molar-refractivity contribution in [3.05, 3.63) is 0 Å². The average molecular weight is 227 g/mol. The molecular weight excluding hydrogens is 202 g/mol. The van der Waals surface area contributed by atoms with Crippen LogP contribution >= 0.6 is 0 Å². The molecule has 4 nitrogen and oxygen atoms in total. The van der Waals surface area contributed by atoms with Gasteiger partial charge in [0.1, 0.15) is 0 Å². The highest BCUT2D eigenvalue weighted by atomic mass is 16.5. The van der Waals surface area contributed by atoms with E-state index in [9.17, 15) is 0 Å². The number of morpholine rings is 1. The Morgan fingerprint density at radius 3 is 2.81 bits per heavy atom. The van der Waals surface area contributed by atoms with Crippen molar-refractivity contribution < 1.29 is 4.74 Å². The highest BCUT2D eigenvalue weighted by Crippen LogP contribution is 2.15. The summed E-state index contributed by atoms with van der Waals surface area (Å²) in [5, 5.41) is 3.43. The van der Waals surface area contributed by atoms with Gasteiger partial charge in [-0.3, -0.25) is 4.90 Å². The summed E-state index contributed by atoms with van der Waals surface area (Å²) >= 11 is 0. The minimum absolute atomic E-state index is 0.367. The van der Waals surface area contributed by atoms with E-state index in [1.165, 1.54) is 19.5 Å². The summed E-state index contributed by atoms with van der Waals surface area (Å²) in [7, 11) is 4.35. The van der Waals surface area contributed by atoms with Gasteiger partial charge in [0.05, 0.1) is 12.2 Å². The predicted molar refractivity (Wildman–Crippen MR) is 65.7 cm³/mol. The monoisotopic (exact) mass is 227 g/mol. The van der Waals surface area contributed by atoms with Gasteiger partial charge in [0.25, 0.3) is 0 Å². The fraction of sp³-hybridized carbons (Fsp3) is 1.00. The van der Waals surface area contributed by atoms with Gasteiger partial charge < -0.3 is 15.0 Å². The van der Waals surface area contributed by atoms with Crippen molar-refractivity contribution in [2.24, 2.45) is 0 Å². The maximum Gasteiger partial charge on any atom is 0.0830 e. The fourth-order valence-electron chi connectivity index (χ4n) is 2.67. The molecule has 0 radical (unpaired) electrons. The molecule has 0 aromatic rings. The molecule has 2 rings (SSSR count). The van der Waals surface area contributed by atoms with Crippen molar-refractivity contribution in [2.45, 2.75) is 31.6 Å². The third kappa shape index (κ3) is 3.17. The van der Waals surface area contributed by atoms with Crippen LogP contribution < -0.4 is 5.32 Å². The Bertz CT molecular complexity index is 222. The van der Waals surface area contributed by atoms with Gasteiger partial charge in [-0.15, -0.1) is 0 Å². The van der Waals surface area contributed by atoms with E-state index in [1.807, 2.05) is 0 Å². The van der Waals surface area contributed by atoms with E-state index in [2.05, 4.69) is 36.1 Å². The van der Waals surface area contributed by atoms with Gasteiger partial charge in [0, 0.05) is 32.2 Å². The lowest BCUT2D eigenvalue weighted by Crippen LogP contribution is -2.48. The second kappa shape index (κ2) is 5.45. The summed E-state index contributed by atoms with van der Waals surface area (Å²) in [6.07, 6.45) is 2.04. The third-order valence-corrected chi connectivity index (χ3v) is 3.67. The topological polar surface area (TPSA) is 27.7 Å². The average Bonchev–Trinajstić information content (AvgIpc) is 2.66. The molecule has 0 bridgehead atoms. The smallest absolute Gasteiger partial charge is 0.0830 e. The Labute approximate surface area is 98.9 Å². The molecule has 1 N–H and O–H groups in total. The standard InChI is InChI=1S/C12H25N3O/c1-10-6-13-7-12(16-10)9-15-5-4-11(8-15)14(2)3/h10-13H,4-9H2,1-3H3/t10-,11-,12+/m1/s1. The van der Waals surface area contributed by atoms with Gasteiger partial charge >= 0.3 is 0 Å². The SMILES string of the molecule is C[C@@H]1CNC[C@@H](CN2CC[C@@H](N(C)C)C2)O1. The molecule has 0 aromatic carbocycles. The summed E-state index contributed by atoms with van der Waals surface area (Å²) in [6, 6.07) is 0.731. The van der Waals surface area contributed by atoms with Crippen molar-refractivity contribution in [3.63, 3.8) is 0 Å². The Kier molecular flexibility index (Phi) is 4.19. The van der Waals surface area contributed by atoms with Crippen LogP contribution in [0.1, 0.15) is 13.3 Å². The van der Waals surface area contributed by atoms with Crippen molar-refractivity contribution in [1.82, 2.24) is 15.1 Å². The molecule has 2 heterocycles. The molecule has 0 aliphatic carbocycles. The van der Waals surface area contributed by atoms with Crippen molar-refractivity contribution in [2.75, 3.05) is 46.8 Å². The Morgan fingerprint density at radius 2 is 2.19 bits per heavy atom. The maximum atomic E-state index is 5.93. The summed E-state index contributed by atoms with van der Waals surface area (Å²) < 4.78 is 5.93. The largest absolute Gasteiger partial charge is 0.371 e. The molecule has 4 heteroatoms. The van der Waals surface area contributed by atoms with Crippen LogP contribution in [0.15, 0.2) is 0 Å². The second-order valence-electron chi connectivity index (χ2n) is 5.39. The van der Waals surface area contributed by atoms with Crippen molar-refractivity contribution in [1.29, 1.82) is 0 Å². The number of hydrogen-bond acceptors (Lipinski definition) is 4. The van der Waals surface area contributed by atoms with Crippen LogP contribution in [0.25, 0.3) is 0 Å². The van der Waals surface area contributed by atoms with E-state index in [4.69, 9.17) is 4.74 Å². The zero-order valence-corrected chi connectivity index (χ0v) is 10.8. The second-order valence-corrected chi connectivity index (χ2v) is 5.39. The van der Waals surface area contributed by atoms with Crippen molar-refractivity contribution in [3.8, 4) is 0 Å². The molecule has 0 unspecified atom stereocenters. The van der Waals surface area contributed by atoms with E-state index in [-0.39, 0.29) is 0 Å². The third-order valence-electron chi connectivity index (χ3n) is 3.67. The van der Waals surface area contributed by atoms with Crippen LogP contribution in [0.2, 0.25) is 0 Å². The molecule has 16 heavy (non-hydrogen) atoms.